The molecule has 1 saturated heterocycles. The first-order valence-corrected chi connectivity index (χ1v) is 11.7. The molecule has 170 valence electrons. The molecule has 0 bridgehead atoms. The molecule has 2 amide bonds. The summed E-state index contributed by atoms with van der Waals surface area (Å²) in [4.78, 5) is 41.6. The van der Waals surface area contributed by atoms with Crippen LogP contribution in [0.1, 0.15) is 43.5 Å². The van der Waals surface area contributed by atoms with Crippen molar-refractivity contribution in [1.82, 2.24) is 9.88 Å². The Morgan fingerprint density at radius 2 is 1.84 bits per heavy atom. The number of hydrogen-bond acceptors (Lipinski definition) is 7. The van der Waals surface area contributed by atoms with E-state index in [1.807, 2.05) is 43.5 Å². The molecule has 2 heterocycles. The Balaban J connectivity index is 1.46. The van der Waals surface area contributed by atoms with Crippen molar-refractivity contribution in [3.63, 3.8) is 0 Å². The van der Waals surface area contributed by atoms with E-state index < -0.39 is 11.2 Å². The van der Waals surface area contributed by atoms with Gasteiger partial charge in [-0.25, -0.2) is 4.90 Å². The van der Waals surface area contributed by atoms with Gasteiger partial charge in [0.15, 0.2) is 6.73 Å². The fourth-order valence-electron chi connectivity index (χ4n) is 3.18. The van der Waals surface area contributed by atoms with Gasteiger partial charge in [-0.15, -0.1) is 0 Å². The predicted molar refractivity (Wildman–Crippen MR) is 122 cm³/mol. The van der Waals surface area contributed by atoms with Gasteiger partial charge >= 0.3 is 5.97 Å². The molecule has 1 fully saturated rings. The normalized spacial score (nSPS) is 15.8. The first-order chi connectivity index (χ1) is 15.5. The van der Waals surface area contributed by atoms with Gasteiger partial charge in [0.05, 0.1) is 11.9 Å². The zero-order chi connectivity index (χ0) is 22.9. The van der Waals surface area contributed by atoms with Crippen LogP contribution in [0.5, 0.6) is 5.75 Å². The van der Waals surface area contributed by atoms with Gasteiger partial charge < -0.3 is 9.47 Å². The Labute approximate surface area is 192 Å². The third-order valence-corrected chi connectivity index (χ3v) is 6.15. The van der Waals surface area contributed by atoms with Gasteiger partial charge in [-0.3, -0.25) is 19.4 Å². The molecule has 1 aliphatic heterocycles. The van der Waals surface area contributed by atoms with Crippen molar-refractivity contribution in [2.24, 2.45) is 0 Å². The highest BCUT2D eigenvalue weighted by molar-refractivity contribution is 8.15. The number of rotatable bonds is 11. The maximum Gasteiger partial charge on any atom is 0.307 e. The minimum atomic E-state index is -0.517. The summed E-state index contributed by atoms with van der Waals surface area (Å²) in [6, 6.07) is 11.6. The number of amides is 2. The van der Waals surface area contributed by atoms with E-state index in [0.717, 1.165) is 46.5 Å². The SMILES string of the molecule is CCCC(=O)OCN1C(=O)SC(Cc2ccc(OCCc3ccc(CC)cn3)cc2)C1=O. The molecular formula is C24H28N2O5S. The van der Waals surface area contributed by atoms with E-state index >= 15 is 0 Å². The molecule has 1 aromatic carbocycles. The standard InChI is InChI=1S/C24H28N2O5S/c1-3-5-22(27)31-16-26-23(28)21(32-24(26)29)14-18-7-10-20(11-8-18)30-13-12-19-9-6-17(4-2)15-25-19/h6-11,15,21H,3-5,12-14,16H2,1-2H3. The number of thioether (sulfide) groups is 1. The third-order valence-electron chi connectivity index (χ3n) is 5.08. The fourth-order valence-corrected chi connectivity index (χ4v) is 4.20. The Kier molecular flexibility index (Phi) is 8.67. The molecule has 1 unspecified atom stereocenters. The first-order valence-electron chi connectivity index (χ1n) is 10.8. The Bertz CT molecular complexity index is 930. The number of aromatic nitrogens is 1. The maximum atomic E-state index is 12.5. The molecule has 1 aromatic heterocycles. The van der Waals surface area contributed by atoms with E-state index in [1.54, 1.807) is 0 Å². The number of nitrogens with zero attached hydrogens (tertiary/aromatic N) is 2. The summed E-state index contributed by atoms with van der Waals surface area (Å²) in [7, 11) is 0. The van der Waals surface area contributed by atoms with Gasteiger partial charge in [-0.1, -0.05) is 43.8 Å². The van der Waals surface area contributed by atoms with Gasteiger partial charge in [-0.05, 0) is 48.6 Å². The number of aryl methyl sites for hydroxylation is 1. The second-order valence-corrected chi connectivity index (χ2v) is 8.65. The molecule has 1 atom stereocenters. The van der Waals surface area contributed by atoms with Crippen LogP contribution in [0.3, 0.4) is 0 Å². The van der Waals surface area contributed by atoms with Gasteiger partial charge in [0.1, 0.15) is 5.75 Å². The first kappa shape index (κ1) is 23.8. The highest BCUT2D eigenvalue weighted by Crippen LogP contribution is 2.30. The molecule has 0 radical (unpaired) electrons. The number of benzene rings is 1. The number of pyridine rings is 1. The van der Waals surface area contributed by atoms with Gasteiger partial charge in [-0.2, -0.15) is 0 Å². The number of ether oxygens (including phenoxy) is 2. The molecule has 0 saturated carbocycles. The summed E-state index contributed by atoms with van der Waals surface area (Å²) in [5.41, 5.74) is 3.13. The van der Waals surface area contributed by atoms with E-state index in [9.17, 15) is 14.4 Å². The lowest BCUT2D eigenvalue weighted by atomic mass is 10.1. The average molecular weight is 457 g/mol. The van der Waals surface area contributed by atoms with Crippen molar-refractivity contribution in [2.45, 2.75) is 51.2 Å². The van der Waals surface area contributed by atoms with Crippen LogP contribution >= 0.6 is 11.8 Å². The monoisotopic (exact) mass is 456 g/mol. The van der Waals surface area contributed by atoms with Crippen LogP contribution in [0.15, 0.2) is 42.6 Å². The summed E-state index contributed by atoms with van der Waals surface area (Å²) in [5, 5.41) is -0.902. The molecule has 3 rings (SSSR count). The number of imide groups is 1. The largest absolute Gasteiger partial charge is 0.493 e. The van der Waals surface area contributed by atoms with Crippen molar-refractivity contribution in [3.05, 3.63) is 59.4 Å². The van der Waals surface area contributed by atoms with Gasteiger partial charge in [0, 0.05) is 24.7 Å². The van der Waals surface area contributed by atoms with Crippen molar-refractivity contribution < 1.29 is 23.9 Å². The predicted octanol–water partition coefficient (Wildman–Crippen LogP) is 4.17. The van der Waals surface area contributed by atoms with Gasteiger partial charge in [0.25, 0.3) is 5.24 Å². The molecule has 7 nitrogen and oxygen atoms in total. The minimum Gasteiger partial charge on any atom is -0.493 e. The molecule has 1 aliphatic rings. The molecule has 2 aromatic rings. The lowest BCUT2D eigenvalue weighted by Crippen LogP contribution is -2.35. The molecule has 32 heavy (non-hydrogen) atoms. The molecule has 0 spiro atoms. The summed E-state index contributed by atoms with van der Waals surface area (Å²) < 4.78 is 10.8. The minimum absolute atomic E-state index is 0.267. The number of esters is 1. The lowest BCUT2D eigenvalue weighted by Gasteiger charge is -2.14. The van der Waals surface area contributed by atoms with Crippen LogP contribution in [0, 0.1) is 0 Å². The second-order valence-electron chi connectivity index (χ2n) is 7.49. The zero-order valence-corrected chi connectivity index (χ0v) is 19.2. The molecule has 8 heteroatoms. The number of hydrogen-bond donors (Lipinski definition) is 0. The highest BCUT2D eigenvalue weighted by atomic mass is 32.2. The number of carbonyl (C=O) groups excluding carboxylic acids is 3. The summed E-state index contributed by atoms with van der Waals surface area (Å²) in [6.45, 7) is 4.17. The smallest absolute Gasteiger partial charge is 0.307 e. The van der Waals surface area contributed by atoms with Crippen LogP contribution in [-0.4, -0.2) is 45.6 Å². The molecule has 0 aliphatic carbocycles. The zero-order valence-electron chi connectivity index (χ0n) is 18.4. The quantitative estimate of drug-likeness (QED) is 0.469. The summed E-state index contributed by atoms with van der Waals surface area (Å²) in [5.74, 6) is 0.00183. The highest BCUT2D eigenvalue weighted by Gasteiger charge is 2.40. The van der Waals surface area contributed by atoms with Crippen molar-refractivity contribution in [3.8, 4) is 5.75 Å². The third kappa shape index (κ3) is 6.56. The van der Waals surface area contributed by atoms with Crippen LogP contribution in [0.25, 0.3) is 0 Å². The van der Waals surface area contributed by atoms with Crippen molar-refractivity contribution in [1.29, 1.82) is 0 Å². The average Bonchev–Trinajstić information content (AvgIpc) is 3.06. The Morgan fingerprint density at radius 1 is 1.09 bits per heavy atom. The van der Waals surface area contributed by atoms with E-state index in [2.05, 4.69) is 18.0 Å². The summed E-state index contributed by atoms with van der Waals surface area (Å²) >= 11 is 0.968. The Morgan fingerprint density at radius 3 is 2.50 bits per heavy atom. The van der Waals surface area contributed by atoms with E-state index in [4.69, 9.17) is 9.47 Å². The van der Waals surface area contributed by atoms with Crippen molar-refractivity contribution in [2.75, 3.05) is 13.3 Å². The van der Waals surface area contributed by atoms with E-state index in [0.29, 0.717) is 19.4 Å². The topological polar surface area (TPSA) is 85.8 Å². The molecular weight excluding hydrogens is 428 g/mol. The molecule has 0 N–H and O–H groups in total. The van der Waals surface area contributed by atoms with Gasteiger partial charge in [0.2, 0.25) is 5.91 Å². The van der Waals surface area contributed by atoms with Crippen LogP contribution < -0.4 is 4.74 Å². The Hall–Kier alpha value is -2.87. The van der Waals surface area contributed by atoms with Crippen LogP contribution in [0.2, 0.25) is 0 Å². The van der Waals surface area contributed by atoms with Crippen LogP contribution in [-0.2, 0) is 33.6 Å². The summed E-state index contributed by atoms with van der Waals surface area (Å²) in [6.07, 6.45) is 4.93. The maximum absolute atomic E-state index is 12.5. The fraction of sp³-hybridized carbons (Fsp3) is 0.417. The van der Waals surface area contributed by atoms with E-state index in [-0.39, 0.29) is 24.3 Å². The van der Waals surface area contributed by atoms with Crippen molar-refractivity contribution >= 4 is 28.9 Å². The number of carbonyl (C=O) groups is 3. The van der Waals surface area contributed by atoms with Crippen LogP contribution in [0.4, 0.5) is 4.79 Å². The lowest BCUT2D eigenvalue weighted by molar-refractivity contribution is -0.149. The second kappa shape index (κ2) is 11.7. The van der Waals surface area contributed by atoms with E-state index in [1.165, 1.54) is 5.56 Å².